The lowest BCUT2D eigenvalue weighted by molar-refractivity contribution is -0.121. The van der Waals surface area contributed by atoms with Crippen molar-refractivity contribution < 1.29 is 13.2 Å². The maximum Gasteiger partial charge on any atom is 0.221 e. The molecule has 1 unspecified atom stereocenters. The molecule has 0 radical (unpaired) electrons. The Morgan fingerprint density at radius 3 is 2.83 bits per heavy atom. The second-order valence-electron chi connectivity index (χ2n) is 6.78. The summed E-state index contributed by atoms with van der Waals surface area (Å²) in [4.78, 5) is 16.5. The van der Waals surface area contributed by atoms with Gasteiger partial charge in [0.2, 0.25) is 5.91 Å². The molecule has 1 aromatic rings. The highest BCUT2D eigenvalue weighted by atomic mass is 32.2. The van der Waals surface area contributed by atoms with Gasteiger partial charge in [0.15, 0.2) is 9.84 Å². The summed E-state index contributed by atoms with van der Waals surface area (Å²) in [5.41, 5.74) is 0.995. The molecule has 2 aliphatic rings. The molecular weight excluding hydrogens is 314 g/mol. The Bertz CT molecular complexity index is 675. The van der Waals surface area contributed by atoms with Crippen LogP contribution in [0.1, 0.15) is 50.0 Å². The minimum Gasteiger partial charge on any atom is -0.352 e. The number of carbonyl (C=O) groups is 1. The molecule has 0 saturated heterocycles. The van der Waals surface area contributed by atoms with Crippen molar-refractivity contribution in [3.63, 3.8) is 0 Å². The van der Waals surface area contributed by atoms with Crippen molar-refractivity contribution in [2.24, 2.45) is 0 Å². The normalized spacial score (nSPS) is 22.0. The first kappa shape index (κ1) is 16.5. The molecule has 128 valence electrons. The molecule has 1 amide bonds. The van der Waals surface area contributed by atoms with Crippen molar-refractivity contribution in [2.75, 3.05) is 5.75 Å². The highest BCUT2D eigenvalue weighted by Gasteiger charge is 2.29. The van der Waals surface area contributed by atoms with Gasteiger partial charge in [0.1, 0.15) is 5.82 Å². The molecule has 1 aromatic heterocycles. The molecule has 6 nitrogen and oxygen atoms in total. The maximum absolute atomic E-state index is 12.2. The molecule has 7 heteroatoms. The predicted octanol–water partition coefficient (Wildman–Crippen LogP) is 1.37. The number of rotatable bonds is 5. The van der Waals surface area contributed by atoms with E-state index >= 15 is 0 Å². The topological polar surface area (TPSA) is 81.1 Å². The van der Waals surface area contributed by atoms with E-state index in [0.717, 1.165) is 56.6 Å². The second-order valence-corrected chi connectivity index (χ2v) is 9.18. The second kappa shape index (κ2) is 6.63. The van der Waals surface area contributed by atoms with Crippen molar-refractivity contribution in [2.45, 2.75) is 69.7 Å². The third kappa shape index (κ3) is 3.94. The van der Waals surface area contributed by atoms with Crippen LogP contribution in [0.3, 0.4) is 0 Å². The predicted molar refractivity (Wildman–Crippen MR) is 87.9 cm³/mol. The summed E-state index contributed by atoms with van der Waals surface area (Å²) in [7, 11) is -3.12. The van der Waals surface area contributed by atoms with Crippen LogP contribution in [0.5, 0.6) is 0 Å². The maximum atomic E-state index is 12.2. The molecule has 1 N–H and O–H groups in total. The lowest BCUT2D eigenvalue weighted by Gasteiger charge is -2.24. The van der Waals surface area contributed by atoms with E-state index in [0.29, 0.717) is 0 Å². The van der Waals surface area contributed by atoms with Gasteiger partial charge in [-0.2, -0.15) is 0 Å². The Balaban J connectivity index is 1.48. The van der Waals surface area contributed by atoms with Crippen LogP contribution < -0.4 is 5.32 Å². The number of fused-ring (bicyclic) bond motifs is 1. The molecule has 3 rings (SSSR count). The van der Waals surface area contributed by atoms with Crippen molar-refractivity contribution in [1.82, 2.24) is 14.9 Å². The third-order valence-electron chi connectivity index (χ3n) is 4.90. The molecule has 1 aliphatic carbocycles. The van der Waals surface area contributed by atoms with Crippen LogP contribution >= 0.6 is 0 Å². The largest absolute Gasteiger partial charge is 0.352 e. The van der Waals surface area contributed by atoms with Crippen molar-refractivity contribution in [3.8, 4) is 0 Å². The number of aromatic nitrogens is 2. The summed E-state index contributed by atoms with van der Waals surface area (Å²) >= 11 is 0. The monoisotopic (exact) mass is 339 g/mol. The number of aryl methyl sites for hydroxylation is 2. The van der Waals surface area contributed by atoms with Gasteiger partial charge in [-0.15, -0.1) is 0 Å². The number of nitrogens with one attached hydrogen (secondary N) is 1. The summed E-state index contributed by atoms with van der Waals surface area (Å²) in [5, 5.41) is 2.76. The Labute approximate surface area is 137 Å². The lowest BCUT2D eigenvalue weighted by atomic mass is 10.1. The van der Waals surface area contributed by atoms with Crippen LogP contribution in [0.25, 0.3) is 0 Å². The number of sulfone groups is 1. The van der Waals surface area contributed by atoms with E-state index < -0.39 is 9.84 Å². The Kier molecular flexibility index (Phi) is 4.75. The number of hydrogen-bond donors (Lipinski definition) is 1. The number of carbonyl (C=O) groups excluding carboxylic acids is 1. The summed E-state index contributed by atoms with van der Waals surface area (Å²) in [6, 6.07) is 0.0674. The van der Waals surface area contributed by atoms with Gasteiger partial charge in [0, 0.05) is 31.6 Å². The lowest BCUT2D eigenvalue weighted by Crippen LogP contribution is -2.41. The highest BCUT2D eigenvalue weighted by molar-refractivity contribution is 7.92. The van der Waals surface area contributed by atoms with Crippen molar-refractivity contribution >= 4 is 15.7 Å². The van der Waals surface area contributed by atoms with Crippen LogP contribution in [0.4, 0.5) is 0 Å². The first-order chi connectivity index (χ1) is 10.9. The van der Waals surface area contributed by atoms with Gasteiger partial charge in [-0.3, -0.25) is 4.79 Å². The summed E-state index contributed by atoms with van der Waals surface area (Å²) in [6.45, 7) is 2.68. The van der Waals surface area contributed by atoms with Gasteiger partial charge in [-0.1, -0.05) is 12.8 Å². The molecular formula is C16H25N3O3S. The SMILES string of the molecule is Cc1cn2c(n1)CCC(NC(=O)CCS(=O)(=O)C1CCCC1)C2. The number of nitrogens with zero attached hydrogens (tertiary/aromatic N) is 2. The van der Waals surface area contributed by atoms with Crippen LogP contribution in [-0.4, -0.2) is 40.9 Å². The van der Waals surface area contributed by atoms with E-state index in [1.807, 2.05) is 13.1 Å². The molecule has 1 fully saturated rings. The zero-order chi connectivity index (χ0) is 16.4. The zero-order valence-corrected chi connectivity index (χ0v) is 14.4. The zero-order valence-electron chi connectivity index (χ0n) is 13.6. The number of amides is 1. The standard InChI is InChI=1S/C16H25N3O3S/c1-12-10-19-11-13(6-7-15(19)17-12)18-16(20)8-9-23(21,22)14-4-2-3-5-14/h10,13-14H,2-9,11H2,1H3,(H,18,20). The summed E-state index contributed by atoms with van der Waals surface area (Å²) in [6.07, 6.45) is 7.28. The molecule has 1 saturated carbocycles. The fourth-order valence-corrected chi connectivity index (χ4v) is 5.51. The van der Waals surface area contributed by atoms with E-state index in [9.17, 15) is 13.2 Å². The summed E-state index contributed by atoms with van der Waals surface area (Å²) < 4.78 is 26.5. The molecule has 0 bridgehead atoms. The Morgan fingerprint density at radius 1 is 1.35 bits per heavy atom. The van der Waals surface area contributed by atoms with Crippen LogP contribution in [0.15, 0.2) is 6.20 Å². The average molecular weight is 339 g/mol. The average Bonchev–Trinajstić information content (AvgIpc) is 3.13. The quantitative estimate of drug-likeness (QED) is 0.878. The minimum atomic E-state index is -3.12. The van der Waals surface area contributed by atoms with Crippen molar-refractivity contribution in [3.05, 3.63) is 17.7 Å². The fourth-order valence-electron chi connectivity index (χ4n) is 3.65. The van der Waals surface area contributed by atoms with E-state index in [1.54, 1.807) is 0 Å². The van der Waals surface area contributed by atoms with Gasteiger partial charge in [0.25, 0.3) is 0 Å². The van der Waals surface area contributed by atoms with Gasteiger partial charge in [0.05, 0.1) is 16.7 Å². The first-order valence-electron chi connectivity index (χ1n) is 8.47. The Morgan fingerprint density at radius 2 is 2.09 bits per heavy atom. The Hall–Kier alpha value is -1.37. The van der Waals surface area contributed by atoms with Crippen LogP contribution in [0, 0.1) is 6.92 Å². The molecule has 0 spiro atoms. The van der Waals surface area contributed by atoms with Crippen molar-refractivity contribution in [1.29, 1.82) is 0 Å². The smallest absolute Gasteiger partial charge is 0.221 e. The van der Waals surface area contributed by atoms with E-state index in [2.05, 4.69) is 14.9 Å². The van der Waals surface area contributed by atoms with Gasteiger partial charge in [-0.25, -0.2) is 13.4 Å². The molecule has 0 aromatic carbocycles. The van der Waals surface area contributed by atoms with Crippen LogP contribution in [0.2, 0.25) is 0 Å². The molecule has 23 heavy (non-hydrogen) atoms. The molecule has 1 atom stereocenters. The van der Waals surface area contributed by atoms with Crippen LogP contribution in [-0.2, 0) is 27.6 Å². The van der Waals surface area contributed by atoms with E-state index in [1.165, 1.54) is 0 Å². The molecule has 2 heterocycles. The summed E-state index contributed by atoms with van der Waals surface area (Å²) in [5.74, 6) is 0.889. The minimum absolute atomic E-state index is 0.0222. The van der Waals surface area contributed by atoms with E-state index in [-0.39, 0.29) is 29.4 Å². The van der Waals surface area contributed by atoms with Gasteiger partial charge < -0.3 is 9.88 Å². The van der Waals surface area contributed by atoms with E-state index in [4.69, 9.17) is 0 Å². The highest BCUT2D eigenvalue weighted by Crippen LogP contribution is 2.25. The van der Waals surface area contributed by atoms with Gasteiger partial charge in [-0.05, 0) is 26.2 Å². The first-order valence-corrected chi connectivity index (χ1v) is 10.2. The number of hydrogen-bond acceptors (Lipinski definition) is 4. The fraction of sp³-hybridized carbons (Fsp3) is 0.750. The van der Waals surface area contributed by atoms with Gasteiger partial charge >= 0.3 is 0 Å². The third-order valence-corrected chi connectivity index (χ3v) is 7.16. The number of imidazole rings is 1. The molecule has 1 aliphatic heterocycles.